The second-order valence-electron chi connectivity index (χ2n) is 6.28. The highest BCUT2D eigenvalue weighted by Crippen LogP contribution is 2.33. The molecular weight excluding hydrogens is 330 g/mol. The molecular formula is C25H19NO. The van der Waals surface area contributed by atoms with Crippen molar-refractivity contribution in [3.05, 3.63) is 115 Å². The van der Waals surface area contributed by atoms with Crippen LogP contribution in [0.4, 0.5) is 5.69 Å². The summed E-state index contributed by atoms with van der Waals surface area (Å²) in [6.45, 7) is 0. The summed E-state index contributed by atoms with van der Waals surface area (Å²) in [7, 11) is 0. The van der Waals surface area contributed by atoms with Crippen LogP contribution in [0.15, 0.2) is 109 Å². The second-order valence-corrected chi connectivity index (χ2v) is 6.28. The Morgan fingerprint density at radius 3 is 1.44 bits per heavy atom. The molecule has 2 nitrogen and oxygen atoms in total. The van der Waals surface area contributed by atoms with Crippen LogP contribution in [0.1, 0.15) is 10.4 Å². The number of hydrogen-bond acceptors (Lipinski definition) is 1. The number of nitrogens with one attached hydrogen (secondary N) is 1. The summed E-state index contributed by atoms with van der Waals surface area (Å²) in [5.74, 6) is -0.112. The number of carbonyl (C=O) groups is 1. The Hall–Kier alpha value is -3.65. The van der Waals surface area contributed by atoms with Crippen molar-refractivity contribution in [3.63, 3.8) is 0 Å². The van der Waals surface area contributed by atoms with Gasteiger partial charge in [-0.25, -0.2) is 0 Å². The summed E-state index contributed by atoms with van der Waals surface area (Å²) >= 11 is 0. The minimum Gasteiger partial charge on any atom is -0.322 e. The average Bonchev–Trinajstić information content (AvgIpc) is 2.75. The number of hydrogen-bond donors (Lipinski definition) is 1. The normalized spacial score (nSPS) is 10.4. The molecule has 1 amide bonds. The molecule has 0 aliphatic carbocycles. The van der Waals surface area contributed by atoms with Gasteiger partial charge in [-0.15, -0.1) is 0 Å². The first-order valence-corrected chi connectivity index (χ1v) is 8.93. The summed E-state index contributed by atoms with van der Waals surface area (Å²) < 4.78 is 0. The Labute approximate surface area is 159 Å². The van der Waals surface area contributed by atoms with Gasteiger partial charge in [0.1, 0.15) is 0 Å². The van der Waals surface area contributed by atoms with Gasteiger partial charge in [0.2, 0.25) is 0 Å². The minimum atomic E-state index is -0.112. The van der Waals surface area contributed by atoms with Crippen molar-refractivity contribution >= 4 is 11.6 Å². The maximum atomic E-state index is 13.3. The van der Waals surface area contributed by atoms with Crippen LogP contribution in [0.3, 0.4) is 0 Å². The topological polar surface area (TPSA) is 29.1 Å². The molecule has 0 unspecified atom stereocenters. The molecule has 0 saturated carbocycles. The maximum Gasteiger partial charge on any atom is 0.256 e. The first-order valence-electron chi connectivity index (χ1n) is 8.93. The summed E-state index contributed by atoms with van der Waals surface area (Å²) in [5, 5.41) is 3.04. The summed E-state index contributed by atoms with van der Waals surface area (Å²) in [5.41, 5.74) is 5.35. The maximum absolute atomic E-state index is 13.3. The molecule has 0 aromatic heterocycles. The van der Waals surface area contributed by atoms with Gasteiger partial charge in [0.05, 0.1) is 5.56 Å². The van der Waals surface area contributed by atoms with Crippen LogP contribution in [0.25, 0.3) is 22.3 Å². The van der Waals surface area contributed by atoms with Gasteiger partial charge in [-0.05, 0) is 34.4 Å². The third kappa shape index (κ3) is 3.65. The highest BCUT2D eigenvalue weighted by atomic mass is 16.1. The number of para-hydroxylation sites is 1. The number of carbonyl (C=O) groups excluding carboxylic acids is 1. The third-order valence-corrected chi connectivity index (χ3v) is 4.49. The molecule has 2 heteroatoms. The largest absolute Gasteiger partial charge is 0.322 e. The van der Waals surface area contributed by atoms with Crippen LogP contribution in [-0.4, -0.2) is 5.91 Å². The molecule has 27 heavy (non-hydrogen) atoms. The Morgan fingerprint density at radius 1 is 0.519 bits per heavy atom. The lowest BCUT2D eigenvalue weighted by molar-refractivity contribution is 0.102. The lowest BCUT2D eigenvalue weighted by Gasteiger charge is -2.15. The van der Waals surface area contributed by atoms with Crippen molar-refractivity contribution in [1.29, 1.82) is 0 Å². The molecule has 4 rings (SSSR count). The van der Waals surface area contributed by atoms with Gasteiger partial charge in [-0.3, -0.25) is 4.79 Å². The highest BCUT2D eigenvalue weighted by molar-refractivity contribution is 6.13. The zero-order chi connectivity index (χ0) is 18.5. The Kier molecular flexibility index (Phi) is 4.80. The van der Waals surface area contributed by atoms with Gasteiger partial charge < -0.3 is 5.32 Å². The van der Waals surface area contributed by atoms with Crippen molar-refractivity contribution < 1.29 is 4.79 Å². The van der Waals surface area contributed by atoms with E-state index in [-0.39, 0.29) is 5.91 Å². The smallest absolute Gasteiger partial charge is 0.256 e. The van der Waals surface area contributed by atoms with Gasteiger partial charge in [0.15, 0.2) is 0 Å². The van der Waals surface area contributed by atoms with Crippen LogP contribution in [0.5, 0.6) is 0 Å². The quantitative estimate of drug-likeness (QED) is 0.462. The Balaban J connectivity index is 1.87. The monoisotopic (exact) mass is 349 g/mol. The van der Waals surface area contributed by atoms with Gasteiger partial charge in [-0.1, -0.05) is 97.1 Å². The number of anilines is 1. The fraction of sp³-hybridized carbons (Fsp3) is 0. The lowest BCUT2D eigenvalue weighted by atomic mass is 9.91. The molecule has 0 atom stereocenters. The van der Waals surface area contributed by atoms with Crippen LogP contribution >= 0.6 is 0 Å². The van der Waals surface area contributed by atoms with Gasteiger partial charge >= 0.3 is 0 Å². The van der Waals surface area contributed by atoms with E-state index in [9.17, 15) is 4.79 Å². The van der Waals surface area contributed by atoms with Crippen molar-refractivity contribution in [3.8, 4) is 22.3 Å². The van der Waals surface area contributed by atoms with Gasteiger partial charge in [0, 0.05) is 5.69 Å². The van der Waals surface area contributed by atoms with E-state index in [0.717, 1.165) is 27.9 Å². The van der Waals surface area contributed by atoms with Crippen LogP contribution < -0.4 is 5.32 Å². The van der Waals surface area contributed by atoms with Gasteiger partial charge in [-0.2, -0.15) is 0 Å². The predicted molar refractivity (Wildman–Crippen MR) is 112 cm³/mol. The van der Waals surface area contributed by atoms with Crippen molar-refractivity contribution in [2.24, 2.45) is 0 Å². The molecule has 0 heterocycles. The number of amides is 1. The standard InChI is InChI=1S/C25H19NO/c27-25(26-21-15-8-3-9-16-21)24-22(19-11-4-1-5-12-19)17-10-18-23(24)20-13-6-2-7-14-20/h1-18H,(H,26,27). The molecule has 0 aliphatic rings. The van der Waals surface area contributed by atoms with E-state index < -0.39 is 0 Å². The summed E-state index contributed by atoms with van der Waals surface area (Å²) in [4.78, 5) is 13.3. The fourth-order valence-corrected chi connectivity index (χ4v) is 3.23. The number of rotatable bonds is 4. The van der Waals surface area contributed by atoms with E-state index >= 15 is 0 Å². The van der Waals surface area contributed by atoms with E-state index in [1.807, 2.05) is 109 Å². The minimum absolute atomic E-state index is 0.112. The first kappa shape index (κ1) is 16.8. The van der Waals surface area contributed by atoms with Crippen molar-refractivity contribution in [1.82, 2.24) is 0 Å². The predicted octanol–water partition coefficient (Wildman–Crippen LogP) is 6.27. The lowest BCUT2D eigenvalue weighted by Crippen LogP contribution is -2.14. The molecule has 1 N–H and O–H groups in total. The Bertz CT molecular complexity index is 984. The summed E-state index contributed by atoms with van der Waals surface area (Å²) in [6, 6.07) is 35.6. The molecule has 0 saturated heterocycles. The zero-order valence-corrected chi connectivity index (χ0v) is 14.8. The van der Waals surface area contributed by atoms with Crippen LogP contribution in [0, 0.1) is 0 Å². The molecule has 130 valence electrons. The Morgan fingerprint density at radius 2 is 0.963 bits per heavy atom. The molecule has 0 aliphatic heterocycles. The van der Waals surface area contributed by atoms with Gasteiger partial charge in [0.25, 0.3) is 5.91 Å². The molecule has 0 radical (unpaired) electrons. The third-order valence-electron chi connectivity index (χ3n) is 4.49. The second kappa shape index (κ2) is 7.71. The highest BCUT2D eigenvalue weighted by Gasteiger charge is 2.18. The first-order chi connectivity index (χ1) is 13.3. The molecule has 0 spiro atoms. The molecule has 0 fully saturated rings. The van der Waals surface area contributed by atoms with E-state index in [1.165, 1.54) is 0 Å². The van der Waals surface area contributed by atoms with Crippen molar-refractivity contribution in [2.45, 2.75) is 0 Å². The number of benzene rings is 4. The van der Waals surface area contributed by atoms with E-state index in [1.54, 1.807) is 0 Å². The molecule has 4 aromatic carbocycles. The molecule has 4 aromatic rings. The van der Waals surface area contributed by atoms with Crippen molar-refractivity contribution in [2.75, 3.05) is 5.32 Å². The molecule has 0 bridgehead atoms. The van der Waals surface area contributed by atoms with E-state index in [2.05, 4.69) is 5.32 Å². The average molecular weight is 349 g/mol. The van der Waals surface area contributed by atoms with E-state index in [0.29, 0.717) is 5.56 Å². The van der Waals surface area contributed by atoms with E-state index in [4.69, 9.17) is 0 Å². The SMILES string of the molecule is O=C(Nc1ccccc1)c1c(-c2ccccc2)cccc1-c1ccccc1. The summed E-state index contributed by atoms with van der Waals surface area (Å²) in [6.07, 6.45) is 0. The van der Waals surface area contributed by atoms with Crippen LogP contribution in [-0.2, 0) is 0 Å². The van der Waals surface area contributed by atoms with Crippen LogP contribution in [0.2, 0.25) is 0 Å². The fourth-order valence-electron chi connectivity index (χ4n) is 3.23. The zero-order valence-electron chi connectivity index (χ0n) is 14.8.